The average molecular weight is 229 g/mol. The summed E-state index contributed by atoms with van der Waals surface area (Å²) in [5.41, 5.74) is 13.5. The lowest BCUT2D eigenvalue weighted by Gasteiger charge is -2.18. The van der Waals surface area contributed by atoms with E-state index in [1.807, 2.05) is 28.9 Å². The fraction of sp³-hybridized carbons (Fsp3) is 0.333. The van der Waals surface area contributed by atoms with Gasteiger partial charge in [0.1, 0.15) is 12.0 Å². The quantitative estimate of drug-likeness (QED) is 0.722. The van der Waals surface area contributed by atoms with Crippen LogP contribution in [0.2, 0.25) is 0 Å². The molecule has 0 fully saturated rings. The molecule has 4 N–H and O–H groups in total. The second-order valence-electron chi connectivity index (χ2n) is 4.34. The van der Waals surface area contributed by atoms with Crippen molar-refractivity contribution < 1.29 is 0 Å². The maximum atomic E-state index is 6.01. The predicted molar refractivity (Wildman–Crippen MR) is 66.0 cm³/mol. The maximum Gasteiger partial charge on any atom is 0.183 e. The molecule has 0 bridgehead atoms. The van der Waals surface area contributed by atoms with Crippen LogP contribution >= 0.6 is 0 Å². The van der Waals surface area contributed by atoms with E-state index in [9.17, 15) is 0 Å². The van der Waals surface area contributed by atoms with Crippen molar-refractivity contribution in [1.29, 1.82) is 0 Å². The van der Waals surface area contributed by atoms with E-state index >= 15 is 0 Å². The van der Waals surface area contributed by atoms with Crippen LogP contribution in [0.15, 0.2) is 24.3 Å². The molecule has 2 aromatic rings. The molecular formula is C12H15N5. The zero-order valence-electron chi connectivity index (χ0n) is 9.50. The lowest BCUT2D eigenvalue weighted by molar-refractivity contribution is 0.373. The van der Waals surface area contributed by atoms with Crippen molar-refractivity contribution in [2.75, 3.05) is 5.73 Å². The summed E-state index contributed by atoms with van der Waals surface area (Å²) in [4.78, 5) is 4.52. The Morgan fingerprint density at radius 3 is 2.88 bits per heavy atom. The summed E-state index contributed by atoms with van der Waals surface area (Å²) in [6.07, 6.45) is 2.92. The van der Waals surface area contributed by atoms with Crippen LogP contribution in [0.1, 0.15) is 24.8 Å². The van der Waals surface area contributed by atoms with Crippen molar-refractivity contribution in [2.24, 2.45) is 5.73 Å². The van der Waals surface area contributed by atoms with E-state index in [4.69, 9.17) is 11.5 Å². The van der Waals surface area contributed by atoms with E-state index in [0.29, 0.717) is 11.5 Å². The minimum Gasteiger partial charge on any atom is -0.398 e. The van der Waals surface area contributed by atoms with Crippen LogP contribution in [0.3, 0.4) is 0 Å². The van der Waals surface area contributed by atoms with Crippen molar-refractivity contribution in [3.05, 3.63) is 30.1 Å². The molecule has 2 heterocycles. The van der Waals surface area contributed by atoms with Crippen LogP contribution in [0, 0.1) is 0 Å². The molecule has 0 saturated carbocycles. The fourth-order valence-corrected chi connectivity index (χ4v) is 2.20. The van der Waals surface area contributed by atoms with Gasteiger partial charge in [0.15, 0.2) is 5.82 Å². The molecule has 1 aromatic carbocycles. The van der Waals surface area contributed by atoms with Gasteiger partial charge in [-0.25, -0.2) is 9.67 Å². The molecular weight excluding hydrogens is 214 g/mol. The molecule has 0 radical (unpaired) electrons. The molecule has 1 atom stereocenters. The predicted octanol–water partition coefficient (Wildman–Crippen LogP) is 1.32. The van der Waals surface area contributed by atoms with E-state index in [-0.39, 0.29) is 6.17 Å². The van der Waals surface area contributed by atoms with Crippen molar-refractivity contribution in [3.63, 3.8) is 0 Å². The minimum atomic E-state index is -0.0510. The van der Waals surface area contributed by atoms with E-state index in [1.54, 1.807) is 0 Å². The second-order valence-corrected chi connectivity index (χ2v) is 4.34. The van der Waals surface area contributed by atoms with Crippen molar-refractivity contribution in [1.82, 2.24) is 14.8 Å². The third-order valence-corrected chi connectivity index (χ3v) is 3.12. The Kier molecular flexibility index (Phi) is 2.33. The Balaban J connectivity index is 2.08. The van der Waals surface area contributed by atoms with Crippen molar-refractivity contribution in [2.45, 2.75) is 25.4 Å². The average Bonchev–Trinajstić information content (AvgIpc) is 2.75. The number of nitrogens with zero attached hydrogens (tertiary/aromatic N) is 3. The first-order chi connectivity index (χ1) is 8.25. The molecule has 88 valence electrons. The summed E-state index contributed by atoms with van der Waals surface area (Å²) < 4.78 is 1.82. The number of benzene rings is 1. The van der Waals surface area contributed by atoms with Gasteiger partial charge >= 0.3 is 0 Å². The number of para-hydroxylation sites is 1. The molecule has 0 saturated heterocycles. The number of anilines is 1. The normalized spacial score (nSPS) is 19.0. The number of aryl methyl sites for hydroxylation is 1. The maximum absolute atomic E-state index is 6.01. The van der Waals surface area contributed by atoms with Gasteiger partial charge in [0.05, 0.1) is 0 Å². The van der Waals surface area contributed by atoms with Gasteiger partial charge in [-0.2, -0.15) is 0 Å². The number of hydrogen-bond donors (Lipinski definition) is 2. The van der Waals surface area contributed by atoms with Crippen molar-refractivity contribution in [3.8, 4) is 11.4 Å². The summed E-state index contributed by atoms with van der Waals surface area (Å²) in [6, 6.07) is 7.63. The summed E-state index contributed by atoms with van der Waals surface area (Å²) >= 11 is 0. The Bertz CT molecular complexity index is 546. The molecule has 5 heteroatoms. The molecule has 0 aliphatic carbocycles. The highest BCUT2D eigenvalue weighted by Crippen LogP contribution is 2.26. The third-order valence-electron chi connectivity index (χ3n) is 3.12. The lowest BCUT2D eigenvalue weighted by Crippen LogP contribution is -2.25. The van der Waals surface area contributed by atoms with E-state index in [0.717, 1.165) is 30.7 Å². The van der Waals surface area contributed by atoms with Gasteiger partial charge in [-0.05, 0) is 25.0 Å². The Morgan fingerprint density at radius 1 is 1.29 bits per heavy atom. The van der Waals surface area contributed by atoms with Crippen LogP contribution in [0.5, 0.6) is 0 Å². The highest BCUT2D eigenvalue weighted by molar-refractivity contribution is 5.70. The van der Waals surface area contributed by atoms with Gasteiger partial charge in [0.25, 0.3) is 0 Å². The molecule has 17 heavy (non-hydrogen) atoms. The number of nitrogen functional groups attached to an aromatic ring is 1. The second kappa shape index (κ2) is 3.85. The SMILES string of the molecule is Nc1ccccc1-c1nc2n(n1)C(N)CCC2. The van der Waals surface area contributed by atoms with E-state index in [1.165, 1.54) is 0 Å². The van der Waals surface area contributed by atoms with Gasteiger partial charge in [-0.1, -0.05) is 12.1 Å². The molecule has 1 unspecified atom stereocenters. The number of aromatic nitrogens is 3. The molecule has 0 amide bonds. The van der Waals surface area contributed by atoms with Crippen LogP contribution in [0.4, 0.5) is 5.69 Å². The zero-order valence-corrected chi connectivity index (χ0v) is 9.50. The first kappa shape index (κ1) is 10.3. The zero-order chi connectivity index (χ0) is 11.8. The van der Waals surface area contributed by atoms with Crippen molar-refractivity contribution >= 4 is 5.69 Å². The number of rotatable bonds is 1. The third kappa shape index (κ3) is 1.68. The van der Waals surface area contributed by atoms with E-state index in [2.05, 4.69) is 10.1 Å². The molecule has 0 spiro atoms. The van der Waals surface area contributed by atoms with Gasteiger partial charge in [0.2, 0.25) is 0 Å². The molecule has 1 aliphatic heterocycles. The van der Waals surface area contributed by atoms with Gasteiger partial charge in [-0.3, -0.25) is 0 Å². The molecule has 5 nitrogen and oxygen atoms in total. The lowest BCUT2D eigenvalue weighted by atomic mass is 10.1. The van der Waals surface area contributed by atoms with Crippen LogP contribution < -0.4 is 11.5 Å². The monoisotopic (exact) mass is 229 g/mol. The fourth-order valence-electron chi connectivity index (χ4n) is 2.20. The van der Waals surface area contributed by atoms with E-state index < -0.39 is 0 Å². The highest BCUT2D eigenvalue weighted by Gasteiger charge is 2.21. The number of hydrogen-bond acceptors (Lipinski definition) is 4. The molecule has 3 rings (SSSR count). The Labute approximate surface area is 99.4 Å². The highest BCUT2D eigenvalue weighted by atomic mass is 15.4. The van der Waals surface area contributed by atoms with Gasteiger partial charge in [-0.15, -0.1) is 5.10 Å². The van der Waals surface area contributed by atoms with Gasteiger partial charge in [0, 0.05) is 17.7 Å². The first-order valence-electron chi connectivity index (χ1n) is 5.81. The van der Waals surface area contributed by atoms with Crippen LogP contribution in [-0.2, 0) is 6.42 Å². The summed E-state index contributed by atoms with van der Waals surface area (Å²) in [6.45, 7) is 0. The first-order valence-corrected chi connectivity index (χ1v) is 5.81. The van der Waals surface area contributed by atoms with Crippen LogP contribution in [-0.4, -0.2) is 14.8 Å². The van der Waals surface area contributed by atoms with Gasteiger partial charge < -0.3 is 11.5 Å². The molecule has 1 aliphatic rings. The Morgan fingerprint density at radius 2 is 2.12 bits per heavy atom. The largest absolute Gasteiger partial charge is 0.398 e. The summed E-state index contributed by atoms with van der Waals surface area (Å²) in [5.74, 6) is 1.64. The standard InChI is InChI=1S/C12H15N5/c13-9-5-2-1-4-8(9)12-15-11-7-3-6-10(14)17(11)16-12/h1-2,4-5,10H,3,6-7,13-14H2. The Hall–Kier alpha value is -1.88. The number of fused-ring (bicyclic) bond motifs is 1. The van der Waals surface area contributed by atoms with Crippen LogP contribution in [0.25, 0.3) is 11.4 Å². The molecule has 1 aromatic heterocycles. The summed E-state index contributed by atoms with van der Waals surface area (Å²) in [5, 5.41) is 4.46. The number of nitrogens with two attached hydrogens (primary N) is 2. The topological polar surface area (TPSA) is 82.8 Å². The minimum absolute atomic E-state index is 0.0510. The smallest absolute Gasteiger partial charge is 0.183 e. The summed E-state index contributed by atoms with van der Waals surface area (Å²) in [7, 11) is 0.